The van der Waals surface area contributed by atoms with Crippen LogP contribution in [-0.4, -0.2) is 50.9 Å². The van der Waals surface area contributed by atoms with Gasteiger partial charge in [0.25, 0.3) is 0 Å². The second-order valence-electron chi connectivity index (χ2n) is 4.62. The van der Waals surface area contributed by atoms with Crippen molar-refractivity contribution in [2.24, 2.45) is 0 Å². The fraction of sp³-hybridized carbons (Fsp3) is 0.545. The molecule has 0 saturated carbocycles. The van der Waals surface area contributed by atoms with Crippen LogP contribution in [0.2, 0.25) is 0 Å². The van der Waals surface area contributed by atoms with Crippen LogP contribution in [0.3, 0.4) is 0 Å². The Balaban J connectivity index is 2.11. The number of aromatic amines is 1. The lowest BCUT2D eigenvalue weighted by atomic mass is 10.0. The number of nitrogens with zero attached hydrogens (tertiary/aromatic N) is 3. The van der Waals surface area contributed by atoms with E-state index < -0.39 is 5.60 Å². The lowest BCUT2D eigenvalue weighted by Crippen LogP contribution is -2.35. The molecule has 0 aromatic carbocycles. The molecule has 2 aromatic heterocycles. The van der Waals surface area contributed by atoms with Gasteiger partial charge in [0.15, 0.2) is 11.5 Å². The molecular formula is C11H18N6O2. The monoisotopic (exact) mass is 266 g/mol. The normalized spacial score (nSPS) is 14.5. The topological polar surface area (TPSA) is 122 Å². The van der Waals surface area contributed by atoms with E-state index in [9.17, 15) is 5.11 Å². The minimum Gasteiger partial charge on any atom is -0.388 e. The highest BCUT2D eigenvalue weighted by Crippen LogP contribution is 2.19. The van der Waals surface area contributed by atoms with E-state index in [4.69, 9.17) is 10.5 Å². The molecule has 19 heavy (non-hydrogen) atoms. The van der Waals surface area contributed by atoms with Crippen LogP contribution in [0.25, 0.3) is 11.2 Å². The molecule has 8 nitrogen and oxygen atoms in total. The predicted molar refractivity (Wildman–Crippen MR) is 71.7 cm³/mol. The minimum atomic E-state index is -0.901. The number of aromatic nitrogens is 4. The summed E-state index contributed by atoms with van der Waals surface area (Å²) in [7, 11) is 1.60. The Labute approximate surface area is 110 Å². The van der Waals surface area contributed by atoms with Crippen molar-refractivity contribution in [3.8, 4) is 0 Å². The number of nitrogens with one attached hydrogen (secondary N) is 2. The van der Waals surface area contributed by atoms with Crippen LogP contribution in [0.5, 0.6) is 0 Å². The number of nitrogen functional groups attached to an aromatic ring is 1. The molecule has 2 aromatic rings. The SMILES string of the molecule is COCCC(C)(O)CNc1nc(N)nc2nc[nH]c12. The van der Waals surface area contributed by atoms with Crippen LogP contribution < -0.4 is 11.1 Å². The van der Waals surface area contributed by atoms with Crippen molar-refractivity contribution in [1.82, 2.24) is 19.9 Å². The fourth-order valence-corrected chi connectivity index (χ4v) is 1.66. The summed E-state index contributed by atoms with van der Waals surface area (Å²) in [5, 5.41) is 13.2. The molecule has 0 fully saturated rings. The third-order valence-electron chi connectivity index (χ3n) is 2.78. The third kappa shape index (κ3) is 3.30. The molecule has 104 valence electrons. The molecule has 1 unspecified atom stereocenters. The number of hydrogen-bond acceptors (Lipinski definition) is 7. The molecule has 5 N–H and O–H groups in total. The highest BCUT2D eigenvalue weighted by molar-refractivity contribution is 5.83. The first kappa shape index (κ1) is 13.5. The molecule has 8 heteroatoms. The van der Waals surface area contributed by atoms with Crippen molar-refractivity contribution in [2.75, 3.05) is 31.3 Å². The van der Waals surface area contributed by atoms with E-state index >= 15 is 0 Å². The van der Waals surface area contributed by atoms with Gasteiger partial charge in [-0.25, -0.2) is 4.98 Å². The molecule has 0 spiro atoms. The maximum absolute atomic E-state index is 10.2. The number of rotatable bonds is 6. The molecule has 0 aliphatic heterocycles. The van der Waals surface area contributed by atoms with Crippen molar-refractivity contribution < 1.29 is 9.84 Å². The summed E-state index contributed by atoms with van der Waals surface area (Å²) in [6, 6.07) is 0. The molecule has 1 atom stereocenters. The van der Waals surface area contributed by atoms with Crippen molar-refractivity contribution in [3.63, 3.8) is 0 Å². The van der Waals surface area contributed by atoms with E-state index in [1.54, 1.807) is 14.0 Å². The van der Waals surface area contributed by atoms with Crippen LogP contribution in [0, 0.1) is 0 Å². The van der Waals surface area contributed by atoms with Crippen LogP contribution in [-0.2, 0) is 4.74 Å². The second-order valence-corrected chi connectivity index (χ2v) is 4.62. The number of fused-ring (bicyclic) bond motifs is 1. The summed E-state index contributed by atoms with van der Waals surface area (Å²) < 4.78 is 4.96. The van der Waals surface area contributed by atoms with Crippen LogP contribution in [0.15, 0.2) is 6.33 Å². The Morgan fingerprint density at radius 3 is 3.05 bits per heavy atom. The summed E-state index contributed by atoms with van der Waals surface area (Å²) in [6.07, 6.45) is 2.04. The standard InChI is InChI=1S/C11H18N6O2/c1-11(18,3-4-19-2)5-13-8-7-9(15-6-14-7)17-10(12)16-8/h6,18H,3-5H2,1-2H3,(H4,12,13,14,15,16,17). The number of ether oxygens (including phenoxy) is 1. The molecule has 0 amide bonds. The van der Waals surface area contributed by atoms with Gasteiger partial charge in [0, 0.05) is 26.7 Å². The third-order valence-corrected chi connectivity index (χ3v) is 2.78. The van der Waals surface area contributed by atoms with Gasteiger partial charge in [-0.1, -0.05) is 0 Å². The number of imidazole rings is 1. The smallest absolute Gasteiger partial charge is 0.224 e. The van der Waals surface area contributed by atoms with Gasteiger partial charge in [0.05, 0.1) is 11.9 Å². The Morgan fingerprint density at radius 2 is 2.32 bits per heavy atom. The van der Waals surface area contributed by atoms with Crippen molar-refractivity contribution in [3.05, 3.63) is 6.33 Å². The van der Waals surface area contributed by atoms with Gasteiger partial charge < -0.3 is 25.9 Å². The quantitative estimate of drug-likeness (QED) is 0.586. The number of nitrogens with two attached hydrogens (primary N) is 1. The number of H-pyrrole nitrogens is 1. The predicted octanol–water partition coefficient (Wildman–Crippen LogP) is 0.135. The summed E-state index contributed by atoms with van der Waals surface area (Å²) in [5.41, 5.74) is 5.86. The van der Waals surface area contributed by atoms with Crippen LogP contribution in [0.4, 0.5) is 11.8 Å². The molecule has 0 bridgehead atoms. The van der Waals surface area contributed by atoms with Crippen molar-refractivity contribution >= 4 is 22.9 Å². The van der Waals surface area contributed by atoms with Crippen LogP contribution >= 0.6 is 0 Å². The van der Waals surface area contributed by atoms with E-state index in [2.05, 4.69) is 25.3 Å². The molecule has 2 heterocycles. The van der Waals surface area contributed by atoms with E-state index in [0.717, 1.165) is 0 Å². The molecule has 0 aliphatic carbocycles. The number of anilines is 2. The zero-order valence-electron chi connectivity index (χ0n) is 11.0. The first-order valence-electron chi connectivity index (χ1n) is 5.93. The summed E-state index contributed by atoms with van der Waals surface area (Å²) >= 11 is 0. The van der Waals surface area contributed by atoms with E-state index in [0.29, 0.717) is 36.6 Å². The van der Waals surface area contributed by atoms with Gasteiger partial charge in [-0.2, -0.15) is 9.97 Å². The maximum Gasteiger partial charge on any atom is 0.224 e. The Morgan fingerprint density at radius 1 is 1.53 bits per heavy atom. The van der Waals surface area contributed by atoms with Gasteiger partial charge in [-0.15, -0.1) is 0 Å². The minimum absolute atomic E-state index is 0.138. The zero-order valence-corrected chi connectivity index (χ0v) is 11.0. The number of methoxy groups -OCH3 is 1. The Hall–Kier alpha value is -1.93. The average molecular weight is 266 g/mol. The first-order valence-corrected chi connectivity index (χ1v) is 5.93. The van der Waals surface area contributed by atoms with E-state index in [-0.39, 0.29) is 5.95 Å². The van der Waals surface area contributed by atoms with E-state index in [1.807, 2.05) is 0 Å². The van der Waals surface area contributed by atoms with Gasteiger partial charge >= 0.3 is 0 Å². The highest BCUT2D eigenvalue weighted by Gasteiger charge is 2.20. The molecule has 0 aliphatic rings. The van der Waals surface area contributed by atoms with Gasteiger partial charge in [0.2, 0.25) is 5.95 Å². The van der Waals surface area contributed by atoms with Crippen molar-refractivity contribution in [1.29, 1.82) is 0 Å². The van der Waals surface area contributed by atoms with Crippen molar-refractivity contribution in [2.45, 2.75) is 18.9 Å². The molecular weight excluding hydrogens is 248 g/mol. The summed E-state index contributed by atoms with van der Waals surface area (Å²) in [4.78, 5) is 15.1. The Bertz CT molecular complexity index is 553. The lowest BCUT2D eigenvalue weighted by molar-refractivity contribution is 0.0357. The summed E-state index contributed by atoms with van der Waals surface area (Å²) in [6.45, 7) is 2.54. The van der Waals surface area contributed by atoms with Gasteiger partial charge in [-0.3, -0.25) is 0 Å². The first-order chi connectivity index (χ1) is 9.02. The fourth-order valence-electron chi connectivity index (χ4n) is 1.66. The van der Waals surface area contributed by atoms with Gasteiger partial charge in [0.1, 0.15) is 5.52 Å². The van der Waals surface area contributed by atoms with Gasteiger partial charge in [-0.05, 0) is 6.92 Å². The molecule has 0 radical (unpaired) electrons. The lowest BCUT2D eigenvalue weighted by Gasteiger charge is -2.23. The second kappa shape index (κ2) is 5.37. The number of hydrogen-bond donors (Lipinski definition) is 4. The molecule has 0 saturated heterocycles. The number of aliphatic hydroxyl groups is 1. The highest BCUT2D eigenvalue weighted by atomic mass is 16.5. The zero-order chi connectivity index (χ0) is 13.9. The van der Waals surface area contributed by atoms with Crippen LogP contribution in [0.1, 0.15) is 13.3 Å². The Kier molecular flexibility index (Phi) is 3.82. The maximum atomic E-state index is 10.2. The summed E-state index contributed by atoms with van der Waals surface area (Å²) in [5.74, 6) is 0.663. The average Bonchev–Trinajstić information content (AvgIpc) is 2.81. The molecule has 2 rings (SSSR count). The van der Waals surface area contributed by atoms with E-state index in [1.165, 1.54) is 6.33 Å². The largest absolute Gasteiger partial charge is 0.388 e.